The highest BCUT2D eigenvalue weighted by atomic mass is 127. The quantitative estimate of drug-likeness (QED) is 0.406. The van der Waals surface area contributed by atoms with Gasteiger partial charge in [0.2, 0.25) is 0 Å². The molecule has 0 radical (unpaired) electrons. The Balaban J connectivity index is 1.76. The average Bonchev–Trinajstić information content (AvgIpc) is 2.74. The van der Waals surface area contributed by atoms with Gasteiger partial charge >= 0.3 is 0 Å². The number of rotatable bonds is 4. The van der Waals surface area contributed by atoms with E-state index in [0.29, 0.717) is 37.5 Å². The van der Waals surface area contributed by atoms with Crippen LogP contribution in [0.15, 0.2) is 48.0 Å². The molecule has 1 N–H and O–H groups in total. The molecule has 1 aliphatic rings. The van der Waals surface area contributed by atoms with Crippen LogP contribution in [0.3, 0.4) is 0 Å². The Hall–Kier alpha value is -2.73. The lowest BCUT2D eigenvalue weighted by atomic mass is 10.1. The van der Waals surface area contributed by atoms with Crippen LogP contribution in [0.1, 0.15) is 5.56 Å². The van der Waals surface area contributed by atoms with Gasteiger partial charge in [-0.25, -0.2) is 0 Å². The van der Waals surface area contributed by atoms with Crippen LogP contribution in [0.25, 0.3) is 6.08 Å². The molecule has 0 atom stereocenters. The highest BCUT2D eigenvalue weighted by Gasteiger charge is 2.24. The normalized spacial score (nSPS) is 14.5. The molecule has 0 saturated carbocycles. The SMILES string of the molecule is COc1cc(I)cc(/C=C(/C#N)C(=O)N2CCN(c3ccccc3)CC2)c1O. The second-order valence-electron chi connectivity index (χ2n) is 6.33. The molecule has 1 saturated heterocycles. The van der Waals surface area contributed by atoms with Crippen LogP contribution in [0.5, 0.6) is 11.5 Å². The number of nitriles is 1. The van der Waals surface area contributed by atoms with Gasteiger partial charge in [0.1, 0.15) is 11.6 Å². The predicted molar refractivity (Wildman–Crippen MR) is 116 cm³/mol. The molecule has 6 nitrogen and oxygen atoms in total. The smallest absolute Gasteiger partial charge is 0.264 e. The molecule has 0 aliphatic carbocycles. The van der Waals surface area contributed by atoms with Gasteiger partial charge in [0.15, 0.2) is 11.5 Å². The van der Waals surface area contributed by atoms with Crippen molar-refractivity contribution in [3.63, 3.8) is 0 Å². The lowest BCUT2D eigenvalue weighted by Crippen LogP contribution is -2.49. The highest BCUT2D eigenvalue weighted by molar-refractivity contribution is 14.1. The number of hydrogen-bond acceptors (Lipinski definition) is 5. The molecular formula is C21H20IN3O3. The maximum atomic E-state index is 12.8. The number of para-hydroxylation sites is 1. The molecule has 1 amide bonds. The second-order valence-corrected chi connectivity index (χ2v) is 7.58. The van der Waals surface area contributed by atoms with Crippen molar-refractivity contribution in [2.24, 2.45) is 0 Å². The van der Waals surface area contributed by atoms with Crippen LogP contribution in [0.4, 0.5) is 5.69 Å². The van der Waals surface area contributed by atoms with Gasteiger partial charge in [-0.3, -0.25) is 4.79 Å². The third-order valence-electron chi connectivity index (χ3n) is 4.63. The number of benzene rings is 2. The number of phenols is 1. The van der Waals surface area contributed by atoms with E-state index in [1.807, 2.05) is 36.4 Å². The van der Waals surface area contributed by atoms with E-state index in [0.717, 1.165) is 9.26 Å². The zero-order valence-corrected chi connectivity index (χ0v) is 17.6. The minimum Gasteiger partial charge on any atom is -0.504 e. The van der Waals surface area contributed by atoms with Gasteiger partial charge in [-0.1, -0.05) is 18.2 Å². The van der Waals surface area contributed by atoms with Gasteiger partial charge in [0.25, 0.3) is 5.91 Å². The van der Waals surface area contributed by atoms with Crippen molar-refractivity contribution in [3.05, 3.63) is 57.2 Å². The van der Waals surface area contributed by atoms with E-state index >= 15 is 0 Å². The second kappa shape index (κ2) is 8.97. The highest BCUT2D eigenvalue weighted by Crippen LogP contribution is 2.33. The molecule has 144 valence electrons. The van der Waals surface area contributed by atoms with Crippen LogP contribution in [0, 0.1) is 14.9 Å². The molecule has 1 aliphatic heterocycles. The fraction of sp³-hybridized carbons (Fsp3) is 0.238. The first-order valence-corrected chi connectivity index (χ1v) is 9.89. The summed E-state index contributed by atoms with van der Waals surface area (Å²) < 4.78 is 5.98. The number of carbonyl (C=O) groups is 1. The number of anilines is 1. The van der Waals surface area contributed by atoms with Gasteiger partial charge in [-0.05, 0) is 52.9 Å². The summed E-state index contributed by atoms with van der Waals surface area (Å²) in [5.74, 6) is -0.107. The molecule has 2 aromatic rings. The number of halogens is 1. The topological polar surface area (TPSA) is 76.8 Å². The Morgan fingerprint density at radius 3 is 2.50 bits per heavy atom. The van der Waals surface area contributed by atoms with Gasteiger partial charge in [0, 0.05) is 41.0 Å². The summed E-state index contributed by atoms with van der Waals surface area (Å²) in [6, 6.07) is 15.4. The number of hydrogen-bond donors (Lipinski definition) is 1. The summed E-state index contributed by atoms with van der Waals surface area (Å²) >= 11 is 2.09. The molecule has 7 heteroatoms. The Labute approximate surface area is 177 Å². The number of phenolic OH excluding ortho intramolecular Hbond substituents is 1. The maximum absolute atomic E-state index is 12.8. The molecule has 0 spiro atoms. The van der Waals surface area contributed by atoms with E-state index in [1.165, 1.54) is 13.2 Å². The summed E-state index contributed by atoms with van der Waals surface area (Å²) in [5, 5.41) is 19.8. The van der Waals surface area contributed by atoms with Crippen LogP contribution in [-0.4, -0.2) is 49.2 Å². The molecule has 0 aromatic heterocycles. The van der Waals surface area contributed by atoms with Crippen molar-refractivity contribution in [1.29, 1.82) is 5.26 Å². The number of amides is 1. The third kappa shape index (κ3) is 4.39. The van der Waals surface area contributed by atoms with Gasteiger partial charge in [-0.15, -0.1) is 0 Å². The molecule has 1 fully saturated rings. The standard InChI is InChI=1S/C21H20IN3O3/c1-28-19-13-17(22)12-15(20(19)26)11-16(14-23)21(27)25-9-7-24(8-10-25)18-5-3-2-4-6-18/h2-6,11-13,26H,7-10H2,1H3/b16-11-. The number of aromatic hydroxyl groups is 1. The molecule has 1 heterocycles. The van der Waals surface area contributed by atoms with Gasteiger partial charge in [0.05, 0.1) is 7.11 Å². The first-order chi connectivity index (χ1) is 13.5. The first kappa shape index (κ1) is 20.0. The molecular weight excluding hydrogens is 469 g/mol. The molecule has 3 rings (SSSR count). The summed E-state index contributed by atoms with van der Waals surface area (Å²) in [6.45, 7) is 2.48. The maximum Gasteiger partial charge on any atom is 0.264 e. The molecule has 28 heavy (non-hydrogen) atoms. The van der Waals surface area contributed by atoms with Gasteiger partial charge < -0.3 is 19.6 Å². The van der Waals surface area contributed by atoms with Crippen LogP contribution >= 0.6 is 22.6 Å². The van der Waals surface area contributed by atoms with E-state index in [9.17, 15) is 15.2 Å². The van der Waals surface area contributed by atoms with Crippen molar-refractivity contribution in [1.82, 2.24) is 4.90 Å². The van der Waals surface area contributed by atoms with Crippen molar-refractivity contribution in [3.8, 4) is 17.6 Å². The Morgan fingerprint density at radius 1 is 1.21 bits per heavy atom. The summed E-state index contributed by atoms with van der Waals surface area (Å²) in [6.07, 6.45) is 1.42. The van der Waals surface area contributed by atoms with Crippen molar-refractivity contribution in [2.75, 3.05) is 38.2 Å². The minimum absolute atomic E-state index is 0.00693. The predicted octanol–water partition coefficient (Wildman–Crippen LogP) is 3.26. The van der Waals surface area contributed by atoms with E-state index in [4.69, 9.17) is 4.74 Å². The lowest BCUT2D eigenvalue weighted by Gasteiger charge is -2.36. The summed E-state index contributed by atoms with van der Waals surface area (Å²) in [5.41, 5.74) is 1.51. The average molecular weight is 489 g/mol. The fourth-order valence-electron chi connectivity index (χ4n) is 3.13. The number of piperazine rings is 1. The Bertz CT molecular complexity index is 930. The van der Waals surface area contributed by atoms with E-state index in [-0.39, 0.29) is 17.2 Å². The van der Waals surface area contributed by atoms with E-state index < -0.39 is 0 Å². The monoisotopic (exact) mass is 489 g/mol. The molecule has 0 unspecified atom stereocenters. The number of methoxy groups -OCH3 is 1. The van der Waals surface area contributed by atoms with Crippen LogP contribution < -0.4 is 9.64 Å². The minimum atomic E-state index is -0.326. The number of carbonyl (C=O) groups excluding carboxylic acids is 1. The third-order valence-corrected chi connectivity index (χ3v) is 5.25. The first-order valence-electron chi connectivity index (χ1n) is 8.81. The summed E-state index contributed by atoms with van der Waals surface area (Å²) in [7, 11) is 1.46. The summed E-state index contributed by atoms with van der Waals surface area (Å²) in [4.78, 5) is 16.7. The van der Waals surface area contributed by atoms with Crippen LogP contribution in [-0.2, 0) is 4.79 Å². The Morgan fingerprint density at radius 2 is 1.89 bits per heavy atom. The number of ether oxygens (including phenoxy) is 1. The van der Waals surface area contributed by atoms with Gasteiger partial charge in [-0.2, -0.15) is 5.26 Å². The van der Waals surface area contributed by atoms with E-state index in [2.05, 4.69) is 27.5 Å². The number of nitrogens with zero attached hydrogens (tertiary/aromatic N) is 3. The largest absolute Gasteiger partial charge is 0.504 e. The van der Waals surface area contributed by atoms with Crippen LogP contribution in [0.2, 0.25) is 0 Å². The lowest BCUT2D eigenvalue weighted by molar-refractivity contribution is -0.126. The fourth-order valence-corrected chi connectivity index (χ4v) is 3.75. The Kier molecular flexibility index (Phi) is 6.41. The van der Waals surface area contributed by atoms with Crippen molar-refractivity contribution >= 4 is 40.3 Å². The zero-order chi connectivity index (χ0) is 20.1. The van der Waals surface area contributed by atoms with Crippen molar-refractivity contribution < 1.29 is 14.6 Å². The van der Waals surface area contributed by atoms with E-state index in [1.54, 1.807) is 17.0 Å². The zero-order valence-electron chi connectivity index (χ0n) is 15.4. The van der Waals surface area contributed by atoms with Crippen molar-refractivity contribution in [2.45, 2.75) is 0 Å². The molecule has 2 aromatic carbocycles. The molecule has 0 bridgehead atoms.